The Hall–Kier alpha value is -2.82. The monoisotopic (exact) mass is 350 g/mol. The maximum Gasteiger partial charge on any atom is 0.419 e. The highest BCUT2D eigenvalue weighted by atomic mass is 16.4. The second-order valence-corrected chi connectivity index (χ2v) is 6.80. The molecule has 1 N–H and O–H groups in total. The lowest BCUT2D eigenvalue weighted by atomic mass is 9.87. The van der Waals surface area contributed by atoms with E-state index in [1.54, 1.807) is 10.6 Å². The molecule has 0 saturated carbocycles. The van der Waals surface area contributed by atoms with Gasteiger partial charge in [-0.15, -0.1) is 0 Å². The van der Waals surface area contributed by atoms with E-state index in [1.807, 2.05) is 24.3 Å². The molecule has 1 heterocycles. The molecule has 1 amide bonds. The van der Waals surface area contributed by atoms with Gasteiger partial charge in [-0.2, -0.15) is 0 Å². The van der Waals surface area contributed by atoms with Crippen molar-refractivity contribution in [3.8, 4) is 0 Å². The van der Waals surface area contributed by atoms with Crippen molar-refractivity contribution in [3.63, 3.8) is 0 Å². The van der Waals surface area contributed by atoms with Gasteiger partial charge in [-0.05, 0) is 48.9 Å². The zero-order chi connectivity index (χ0) is 17.9. The second kappa shape index (κ2) is 7.20. The Morgan fingerprint density at radius 3 is 2.88 bits per heavy atom. The molecule has 5 nitrogen and oxygen atoms in total. The summed E-state index contributed by atoms with van der Waals surface area (Å²) in [6.45, 7) is 0.477. The van der Waals surface area contributed by atoms with Gasteiger partial charge in [-0.3, -0.25) is 9.36 Å². The van der Waals surface area contributed by atoms with Crippen LogP contribution in [0.25, 0.3) is 11.1 Å². The van der Waals surface area contributed by atoms with E-state index < -0.39 is 0 Å². The minimum atomic E-state index is -0.368. The molecular weight excluding hydrogens is 328 g/mol. The molecule has 4 rings (SSSR count). The number of carbonyl (C=O) groups is 1. The zero-order valence-corrected chi connectivity index (χ0v) is 14.6. The molecule has 26 heavy (non-hydrogen) atoms. The van der Waals surface area contributed by atoms with Crippen LogP contribution in [0, 0.1) is 0 Å². The second-order valence-electron chi connectivity index (χ2n) is 6.80. The number of fused-ring (bicyclic) bond motifs is 2. The van der Waals surface area contributed by atoms with Crippen molar-refractivity contribution < 1.29 is 9.21 Å². The molecule has 3 aromatic rings. The van der Waals surface area contributed by atoms with E-state index >= 15 is 0 Å². The highest BCUT2D eigenvalue weighted by Gasteiger charge is 2.21. The summed E-state index contributed by atoms with van der Waals surface area (Å²) in [5, 5.41) is 3.16. The Morgan fingerprint density at radius 2 is 1.96 bits per heavy atom. The molecule has 1 aliphatic rings. The van der Waals surface area contributed by atoms with E-state index in [0.717, 1.165) is 24.8 Å². The van der Waals surface area contributed by atoms with Gasteiger partial charge in [0.1, 0.15) is 0 Å². The quantitative estimate of drug-likeness (QED) is 0.765. The summed E-state index contributed by atoms with van der Waals surface area (Å²) in [5.74, 6) is -0.333. The normalized spacial score (nSPS) is 16.4. The average molecular weight is 350 g/mol. The lowest BCUT2D eigenvalue weighted by Gasteiger charge is -2.26. The van der Waals surface area contributed by atoms with Crippen LogP contribution in [0.5, 0.6) is 0 Å². The van der Waals surface area contributed by atoms with Gasteiger partial charge in [0.15, 0.2) is 5.58 Å². The van der Waals surface area contributed by atoms with Crippen LogP contribution in [-0.2, 0) is 17.8 Å². The van der Waals surface area contributed by atoms with E-state index in [0.29, 0.717) is 25.0 Å². The highest BCUT2D eigenvalue weighted by molar-refractivity contribution is 5.76. The molecule has 1 aliphatic carbocycles. The van der Waals surface area contributed by atoms with Crippen LogP contribution < -0.4 is 11.1 Å². The van der Waals surface area contributed by atoms with Crippen molar-refractivity contribution in [2.24, 2.45) is 0 Å². The van der Waals surface area contributed by atoms with Crippen LogP contribution in [0.4, 0.5) is 0 Å². The molecular formula is C21H22N2O3. The number of nitrogens with one attached hydrogen (secondary N) is 1. The first kappa shape index (κ1) is 16.6. The minimum Gasteiger partial charge on any atom is -0.408 e. The van der Waals surface area contributed by atoms with Gasteiger partial charge < -0.3 is 9.73 Å². The fourth-order valence-corrected chi connectivity index (χ4v) is 3.79. The number of hydrogen-bond donors (Lipinski definition) is 1. The number of oxazole rings is 1. The minimum absolute atomic E-state index is 0.0348. The molecule has 0 spiro atoms. The van der Waals surface area contributed by atoms with Gasteiger partial charge >= 0.3 is 5.76 Å². The maximum absolute atomic E-state index is 12.4. The number of rotatable bonds is 5. The Kier molecular flexibility index (Phi) is 4.61. The lowest BCUT2D eigenvalue weighted by molar-refractivity contribution is -0.122. The fourth-order valence-electron chi connectivity index (χ4n) is 3.79. The van der Waals surface area contributed by atoms with E-state index in [4.69, 9.17) is 4.42 Å². The van der Waals surface area contributed by atoms with E-state index in [-0.39, 0.29) is 17.7 Å². The molecule has 5 heteroatoms. The molecule has 2 aromatic carbocycles. The van der Waals surface area contributed by atoms with Crippen molar-refractivity contribution in [3.05, 3.63) is 70.2 Å². The van der Waals surface area contributed by atoms with E-state index in [1.165, 1.54) is 11.1 Å². The van der Waals surface area contributed by atoms with Crippen LogP contribution in [0.1, 0.15) is 42.9 Å². The molecule has 0 bridgehead atoms. The number of carbonyl (C=O) groups excluding carboxylic acids is 1. The van der Waals surface area contributed by atoms with E-state index in [9.17, 15) is 9.59 Å². The molecule has 0 fully saturated rings. The number of para-hydroxylation sites is 2. The Bertz CT molecular complexity index is 986. The SMILES string of the molecule is O=C(CCCn1c(=O)oc2ccccc21)N[C@@H]1CCCc2ccccc21. The summed E-state index contributed by atoms with van der Waals surface area (Å²) in [5.41, 5.74) is 3.93. The van der Waals surface area contributed by atoms with Gasteiger partial charge in [0.05, 0.1) is 11.6 Å². The van der Waals surface area contributed by atoms with Crippen LogP contribution >= 0.6 is 0 Å². The van der Waals surface area contributed by atoms with Crippen LogP contribution in [0.2, 0.25) is 0 Å². The van der Waals surface area contributed by atoms with Gasteiger partial charge in [-0.1, -0.05) is 36.4 Å². The average Bonchev–Trinajstić information content (AvgIpc) is 2.98. The molecule has 1 aromatic heterocycles. The third-order valence-corrected chi connectivity index (χ3v) is 5.06. The van der Waals surface area contributed by atoms with Crippen molar-refractivity contribution >= 4 is 17.0 Å². The number of hydrogen-bond acceptors (Lipinski definition) is 3. The molecule has 0 unspecified atom stereocenters. The number of amides is 1. The van der Waals surface area contributed by atoms with Crippen LogP contribution in [0.15, 0.2) is 57.7 Å². The summed E-state index contributed by atoms with van der Waals surface area (Å²) in [7, 11) is 0. The number of aromatic nitrogens is 1. The summed E-state index contributed by atoms with van der Waals surface area (Å²) >= 11 is 0. The molecule has 1 atom stereocenters. The fraction of sp³-hybridized carbons (Fsp3) is 0.333. The largest absolute Gasteiger partial charge is 0.419 e. The molecule has 0 aliphatic heterocycles. The highest BCUT2D eigenvalue weighted by Crippen LogP contribution is 2.29. The van der Waals surface area contributed by atoms with Crippen molar-refractivity contribution in [2.45, 2.75) is 44.7 Å². The van der Waals surface area contributed by atoms with Crippen LogP contribution in [0.3, 0.4) is 0 Å². The summed E-state index contributed by atoms with van der Waals surface area (Å²) in [4.78, 5) is 24.3. The summed E-state index contributed by atoms with van der Waals surface area (Å²) in [6.07, 6.45) is 4.15. The Labute approximate surface area is 151 Å². The third kappa shape index (κ3) is 3.29. The lowest BCUT2D eigenvalue weighted by Crippen LogP contribution is -2.31. The third-order valence-electron chi connectivity index (χ3n) is 5.06. The molecule has 134 valence electrons. The first-order valence-corrected chi connectivity index (χ1v) is 9.18. The summed E-state index contributed by atoms with van der Waals surface area (Å²) in [6, 6.07) is 15.8. The zero-order valence-electron chi connectivity index (χ0n) is 14.6. The van der Waals surface area contributed by atoms with Gasteiger partial charge in [0.2, 0.25) is 5.91 Å². The van der Waals surface area contributed by atoms with Gasteiger partial charge in [0.25, 0.3) is 0 Å². The van der Waals surface area contributed by atoms with Crippen LogP contribution in [-0.4, -0.2) is 10.5 Å². The summed E-state index contributed by atoms with van der Waals surface area (Å²) < 4.78 is 6.82. The smallest absolute Gasteiger partial charge is 0.408 e. The first-order valence-electron chi connectivity index (χ1n) is 9.18. The van der Waals surface area contributed by atoms with Gasteiger partial charge in [0, 0.05) is 13.0 Å². The number of nitrogens with zero attached hydrogens (tertiary/aromatic N) is 1. The van der Waals surface area contributed by atoms with Gasteiger partial charge in [-0.25, -0.2) is 4.79 Å². The maximum atomic E-state index is 12.4. The predicted molar refractivity (Wildman–Crippen MR) is 100.0 cm³/mol. The van der Waals surface area contributed by atoms with Crippen molar-refractivity contribution in [2.75, 3.05) is 0 Å². The number of benzene rings is 2. The van der Waals surface area contributed by atoms with Crippen molar-refractivity contribution in [1.29, 1.82) is 0 Å². The number of aryl methyl sites for hydroxylation is 2. The van der Waals surface area contributed by atoms with E-state index in [2.05, 4.69) is 23.5 Å². The Morgan fingerprint density at radius 1 is 1.15 bits per heavy atom. The predicted octanol–water partition coefficient (Wildman–Crippen LogP) is 3.57. The first-order chi connectivity index (χ1) is 12.7. The van der Waals surface area contributed by atoms with Crippen molar-refractivity contribution in [1.82, 2.24) is 9.88 Å². The standard InChI is InChI=1S/C21H22N2O3/c24-20(22-17-10-5-8-15-7-1-2-9-16(15)17)13-6-14-23-18-11-3-4-12-19(18)26-21(23)25/h1-4,7,9,11-12,17H,5-6,8,10,13-14H2,(H,22,24)/t17-/m1/s1. The Balaban J connectivity index is 1.36. The topological polar surface area (TPSA) is 64.2 Å². The molecule has 0 saturated heterocycles. The molecule has 0 radical (unpaired) electrons.